The van der Waals surface area contributed by atoms with Crippen molar-refractivity contribution in [3.05, 3.63) is 35.1 Å². The highest BCUT2D eigenvalue weighted by Gasteiger charge is 2.31. The molecule has 86 valence electrons. The van der Waals surface area contributed by atoms with Crippen molar-refractivity contribution in [3.8, 4) is 0 Å². The van der Waals surface area contributed by atoms with Gasteiger partial charge < -0.3 is 15.5 Å². The molecule has 0 fully saturated rings. The van der Waals surface area contributed by atoms with Gasteiger partial charge in [-0.05, 0) is 24.5 Å². The van der Waals surface area contributed by atoms with Crippen LogP contribution in [0.15, 0.2) is 18.2 Å². The second-order valence-corrected chi connectivity index (χ2v) is 3.85. The first-order chi connectivity index (χ1) is 7.59. The molecule has 0 radical (unpaired) electrons. The van der Waals surface area contributed by atoms with Crippen molar-refractivity contribution in [3.63, 3.8) is 0 Å². The molecule has 2 rings (SSSR count). The molecule has 1 amide bonds. The summed E-state index contributed by atoms with van der Waals surface area (Å²) in [5.74, 6) is -0.477. The Morgan fingerprint density at radius 2 is 2.25 bits per heavy atom. The van der Waals surface area contributed by atoms with E-state index in [1.807, 2.05) is 0 Å². The fourth-order valence-corrected chi connectivity index (χ4v) is 2.11. The van der Waals surface area contributed by atoms with Crippen LogP contribution in [0.3, 0.4) is 0 Å². The van der Waals surface area contributed by atoms with Crippen molar-refractivity contribution in [2.45, 2.75) is 25.0 Å². The van der Waals surface area contributed by atoms with Gasteiger partial charge in [-0.3, -0.25) is 0 Å². The van der Waals surface area contributed by atoms with E-state index in [1.54, 1.807) is 12.1 Å². The minimum absolute atomic E-state index is 0.267. The predicted molar refractivity (Wildman–Crippen MR) is 54.6 cm³/mol. The lowest BCUT2D eigenvalue weighted by Gasteiger charge is -2.30. The van der Waals surface area contributed by atoms with E-state index in [4.69, 9.17) is 5.11 Å². The van der Waals surface area contributed by atoms with Crippen LogP contribution < -0.4 is 5.32 Å². The number of amides is 1. The van der Waals surface area contributed by atoms with Crippen LogP contribution in [0.5, 0.6) is 0 Å². The van der Waals surface area contributed by atoms with E-state index in [9.17, 15) is 14.3 Å². The Morgan fingerprint density at radius 3 is 2.94 bits per heavy atom. The van der Waals surface area contributed by atoms with Crippen LogP contribution in [-0.4, -0.2) is 22.4 Å². The van der Waals surface area contributed by atoms with Crippen molar-refractivity contribution in [2.75, 3.05) is 0 Å². The van der Waals surface area contributed by atoms with E-state index in [-0.39, 0.29) is 5.56 Å². The second-order valence-electron chi connectivity index (χ2n) is 3.85. The zero-order valence-corrected chi connectivity index (χ0v) is 8.48. The standard InChI is InChI=1S/C11H12FNO3/c12-7-3-1-2-6-4-5-8(14)10(9(6)7)13-11(15)16/h1-3,8,10,13-14H,4-5H2,(H,15,16)/t8-,10-/m1/s1. The average molecular weight is 225 g/mol. The van der Waals surface area contributed by atoms with Gasteiger partial charge in [0.1, 0.15) is 5.82 Å². The number of rotatable bonds is 1. The normalized spacial score (nSPS) is 23.6. The molecule has 0 aromatic heterocycles. The number of halogens is 1. The van der Waals surface area contributed by atoms with Crippen molar-refractivity contribution in [2.24, 2.45) is 0 Å². The molecule has 0 saturated carbocycles. The van der Waals surface area contributed by atoms with Gasteiger partial charge in [-0.2, -0.15) is 0 Å². The van der Waals surface area contributed by atoms with Crippen LogP contribution in [0, 0.1) is 5.82 Å². The molecule has 4 nitrogen and oxygen atoms in total. The number of benzene rings is 1. The molecule has 0 aliphatic heterocycles. The van der Waals surface area contributed by atoms with Crippen LogP contribution in [0.1, 0.15) is 23.6 Å². The number of nitrogens with one attached hydrogen (secondary N) is 1. The average Bonchev–Trinajstić information content (AvgIpc) is 2.22. The van der Waals surface area contributed by atoms with E-state index in [1.165, 1.54) is 6.07 Å². The first kappa shape index (κ1) is 10.9. The second kappa shape index (κ2) is 4.09. The van der Waals surface area contributed by atoms with E-state index >= 15 is 0 Å². The van der Waals surface area contributed by atoms with Crippen molar-refractivity contribution in [1.29, 1.82) is 0 Å². The molecular weight excluding hydrogens is 213 g/mol. The van der Waals surface area contributed by atoms with Gasteiger partial charge in [-0.25, -0.2) is 9.18 Å². The molecule has 2 atom stereocenters. The first-order valence-corrected chi connectivity index (χ1v) is 5.04. The van der Waals surface area contributed by atoms with Gasteiger partial charge in [-0.15, -0.1) is 0 Å². The van der Waals surface area contributed by atoms with E-state index in [2.05, 4.69) is 5.32 Å². The Bertz CT molecular complexity index is 422. The molecule has 0 unspecified atom stereocenters. The quantitative estimate of drug-likeness (QED) is 0.677. The minimum atomic E-state index is -1.26. The van der Waals surface area contributed by atoms with Crippen LogP contribution >= 0.6 is 0 Å². The Morgan fingerprint density at radius 1 is 1.50 bits per heavy atom. The molecule has 1 aliphatic carbocycles. The summed E-state index contributed by atoms with van der Waals surface area (Å²) in [5, 5.41) is 20.5. The molecule has 1 aromatic rings. The van der Waals surface area contributed by atoms with E-state index < -0.39 is 24.1 Å². The fourth-order valence-electron chi connectivity index (χ4n) is 2.11. The number of aryl methyl sites for hydroxylation is 1. The number of fused-ring (bicyclic) bond motifs is 1. The van der Waals surface area contributed by atoms with Gasteiger partial charge >= 0.3 is 6.09 Å². The maximum absolute atomic E-state index is 13.6. The molecule has 0 saturated heterocycles. The zero-order chi connectivity index (χ0) is 11.7. The molecule has 1 aromatic carbocycles. The summed E-state index contributed by atoms with van der Waals surface area (Å²) in [7, 11) is 0. The topological polar surface area (TPSA) is 69.6 Å². The smallest absolute Gasteiger partial charge is 0.405 e. The minimum Gasteiger partial charge on any atom is -0.465 e. The Kier molecular flexibility index (Phi) is 2.78. The predicted octanol–water partition coefficient (Wildman–Crippen LogP) is 1.44. The van der Waals surface area contributed by atoms with Crippen LogP contribution in [0.4, 0.5) is 9.18 Å². The van der Waals surface area contributed by atoms with Gasteiger partial charge in [-0.1, -0.05) is 12.1 Å². The molecule has 16 heavy (non-hydrogen) atoms. The summed E-state index contributed by atoms with van der Waals surface area (Å²) in [6.45, 7) is 0. The molecule has 0 spiro atoms. The Labute approximate surface area is 91.7 Å². The molecular formula is C11H12FNO3. The number of aliphatic hydroxyl groups excluding tert-OH is 1. The van der Waals surface area contributed by atoms with E-state index in [0.29, 0.717) is 12.8 Å². The molecule has 1 aliphatic rings. The van der Waals surface area contributed by atoms with Crippen LogP contribution in [-0.2, 0) is 6.42 Å². The number of carbonyl (C=O) groups is 1. The van der Waals surface area contributed by atoms with Crippen LogP contribution in [0.2, 0.25) is 0 Å². The summed E-state index contributed by atoms with van der Waals surface area (Å²) in [4.78, 5) is 10.6. The van der Waals surface area contributed by atoms with Gasteiger partial charge in [0.05, 0.1) is 12.1 Å². The van der Waals surface area contributed by atoms with Crippen LogP contribution in [0.25, 0.3) is 0 Å². The Hall–Kier alpha value is -1.62. The summed E-state index contributed by atoms with van der Waals surface area (Å²) in [6.07, 6.45) is -1.14. The summed E-state index contributed by atoms with van der Waals surface area (Å²) in [6, 6.07) is 3.74. The lowest BCUT2D eigenvalue weighted by atomic mass is 9.85. The highest BCUT2D eigenvalue weighted by Crippen LogP contribution is 2.31. The summed E-state index contributed by atoms with van der Waals surface area (Å²) >= 11 is 0. The number of hydrogen-bond acceptors (Lipinski definition) is 2. The van der Waals surface area contributed by atoms with Crippen molar-refractivity contribution < 1.29 is 19.4 Å². The first-order valence-electron chi connectivity index (χ1n) is 5.04. The van der Waals surface area contributed by atoms with Crippen molar-refractivity contribution >= 4 is 6.09 Å². The molecule has 5 heteroatoms. The third-order valence-electron chi connectivity index (χ3n) is 2.83. The number of carboxylic acid groups (broad SMARTS) is 1. The van der Waals surface area contributed by atoms with Gasteiger partial charge in [0.2, 0.25) is 0 Å². The maximum Gasteiger partial charge on any atom is 0.405 e. The maximum atomic E-state index is 13.6. The van der Waals surface area contributed by atoms with Gasteiger partial charge in [0.25, 0.3) is 0 Å². The monoisotopic (exact) mass is 225 g/mol. The number of aliphatic hydroxyl groups is 1. The summed E-state index contributed by atoms with van der Waals surface area (Å²) in [5.41, 5.74) is 1.02. The summed E-state index contributed by atoms with van der Waals surface area (Å²) < 4.78 is 13.6. The van der Waals surface area contributed by atoms with E-state index in [0.717, 1.165) is 5.56 Å². The fraction of sp³-hybridized carbons (Fsp3) is 0.364. The largest absolute Gasteiger partial charge is 0.465 e. The SMILES string of the molecule is O=C(O)N[C@H]1c2c(F)cccc2CC[C@H]1O. The highest BCUT2D eigenvalue weighted by molar-refractivity contribution is 5.65. The number of hydrogen-bond donors (Lipinski definition) is 3. The molecule has 0 bridgehead atoms. The zero-order valence-electron chi connectivity index (χ0n) is 8.48. The van der Waals surface area contributed by atoms with Crippen molar-refractivity contribution in [1.82, 2.24) is 5.32 Å². The molecule has 3 N–H and O–H groups in total. The van der Waals surface area contributed by atoms with Gasteiger partial charge in [0.15, 0.2) is 0 Å². The lowest BCUT2D eigenvalue weighted by molar-refractivity contribution is 0.104. The molecule has 0 heterocycles. The third kappa shape index (κ3) is 1.86. The third-order valence-corrected chi connectivity index (χ3v) is 2.83. The highest BCUT2D eigenvalue weighted by atomic mass is 19.1. The van der Waals surface area contributed by atoms with Gasteiger partial charge in [0, 0.05) is 5.56 Å². The lowest BCUT2D eigenvalue weighted by Crippen LogP contribution is -2.39. The Balaban J connectivity index is 2.42.